The van der Waals surface area contributed by atoms with Gasteiger partial charge in [-0.05, 0) is 54.1 Å². The molecule has 0 fully saturated rings. The molecule has 0 atom stereocenters. The van der Waals surface area contributed by atoms with Crippen molar-refractivity contribution < 1.29 is 39.6 Å². The summed E-state index contributed by atoms with van der Waals surface area (Å²) in [6, 6.07) is 11.6. The van der Waals surface area contributed by atoms with Crippen LogP contribution in [0.25, 0.3) is 0 Å². The van der Waals surface area contributed by atoms with Gasteiger partial charge in [0.1, 0.15) is 0 Å². The van der Waals surface area contributed by atoms with Gasteiger partial charge in [0.25, 0.3) is 0 Å². The molecule has 0 bridgehead atoms. The summed E-state index contributed by atoms with van der Waals surface area (Å²) in [6.07, 6.45) is -10.3. The summed E-state index contributed by atoms with van der Waals surface area (Å²) in [4.78, 5) is 12.5. The molecule has 0 radical (unpaired) electrons. The Labute approximate surface area is 217 Å². The molecule has 0 aliphatic rings. The van der Waals surface area contributed by atoms with E-state index in [1.165, 1.54) is 36.4 Å². The van der Waals surface area contributed by atoms with E-state index < -0.39 is 58.2 Å². The minimum Gasteiger partial charge on any atom is -0.325 e. The Morgan fingerprint density at radius 1 is 0.838 bits per heavy atom. The highest BCUT2D eigenvalue weighted by Gasteiger charge is 2.37. The van der Waals surface area contributed by atoms with Crippen LogP contribution in [0.5, 0.6) is 0 Å². The van der Waals surface area contributed by atoms with E-state index in [4.69, 9.17) is 23.2 Å². The van der Waals surface area contributed by atoms with E-state index in [1.807, 2.05) is 5.32 Å². The minimum absolute atomic E-state index is 0.0929. The Hall–Kier alpha value is -2.80. The molecule has 3 aromatic rings. The molecule has 0 aliphatic carbocycles. The highest BCUT2D eigenvalue weighted by Crippen LogP contribution is 2.37. The summed E-state index contributed by atoms with van der Waals surface area (Å²) in [5.74, 6) is -1.18. The number of amides is 1. The van der Waals surface area contributed by atoms with Crippen molar-refractivity contribution in [3.63, 3.8) is 0 Å². The van der Waals surface area contributed by atoms with Crippen LogP contribution < -0.4 is 5.32 Å². The fraction of sp³-hybridized carbons (Fsp3) is 0.174. The third kappa shape index (κ3) is 7.37. The smallest absolute Gasteiger partial charge is 0.325 e. The molecule has 0 saturated carbocycles. The van der Waals surface area contributed by atoms with Crippen molar-refractivity contribution in [3.8, 4) is 0 Å². The lowest BCUT2D eigenvalue weighted by Gasteiger charge is -2.23. The number of carbonyl (C=O) groups is 1. The van der Waals surface area contributed by atoms with E-state index in [9.17, 15) is 39.6 Å². The van der Waals surface area contributed by atoms with E-state index in [1.54, 1.807) is 12.1 Å². The molecule has 0 saturated heterocycles. The molecule has 37 heavy (non-hydrogen) atoms. The molecule has 1 N–H and O–H groups in total. The van der Waals surface area contributed by atoms with Gasteiger partial charge in [-0.15, -0.1) is 0 Å². The zero-order chi connectivity index (χ0) is 27.6. The molecule has 0 heterocycles. The molecule has 198 valence electrons. The van der Waals surface area contributed by atoms with Gasteiger partial charge in [-0.25, -0.2) is 8.42 Å². The number of alkyl halides is 6. The number of nitrogens with one attached hydrogen (secondary N) is 1. The zero-order valence-corrected chi connectivity index (χ0v) is 20.7. The fourth-order valence-electron chi connectivity index (χ4n) is 3.19. The molecule has 0 unspecified atom stereocenters. The number of sulfonamides is 1. The van der Waals surface area contributed by atoms with Crippen molar-refractivity contribution in [1.82, 2.24) is 4.31 Å². The third-order valence-electron chi connectivity index (χ3n) is 4.95. The van der Waals surface area contributed by atoms with Gasteiger partial charge in [0.2, 0.25) is 15.9 Å². The SMILES string of the molecule is O=C(CN(Cc1ccccc1Cl)S(=O)(=O)c1ccc(Cl)cc1)Nc1cc(C(F)(F)F)cc(C(F)(F)F)c1. The molecular formula is C23H16Cl2F6N2O3S. The Morgan fingerprint density at radius 2 is 1.38 bits per heavy atom. The van der Waals surface area contributed by atoms with Gasteiger partial charge in [-0.1, -0.05) is 41.4 Å². The fourth-order valence-corrected chi connectivity index (χ4v) is 4.88. The molecule has 14 heteroatoms. The first-order valence-electron chi connectivity index (χ1n) is 10.2. The molecule has 0 aromatic heterocycles. The van der Waals surface area contributed by atoms with Crippen LogP contribution in [-0.2, 0) is 33.7 Å². The van der Waals surface area contributed by atoms with Crippen molar-refractivity contribution in [3.05, 3.63) is 93.5 Å². The van der Waals surface area contributed by atoms with Gasteiger partial charge in [0.05, 0.1) is 22.6 Å². The lowest BCUT2D eigenvalue weighted by atomic mass is 10.1. The molecule has 1 amide bonds. The first kappa shape index (κ1) is 28.8. The molecule has 0 aliphatic heterocycles. The number of hydrogen-bond donors (Lipinski definition) is 1. The van der Waals surface area contributed by atoms with Gasteiger partial charge in [-0.2, -0.15) is 30.6 Å². The number of carbonyl (C=O) groups excluding carboxylic acids is 1. The summed E-state index contributed by atoms with van der Waals surface area (Å²) >= 11 is 11.9. The van der Waals surface area contributed by atoms with Crippen molar-refractivity contribution >= 4 is 44.8 Å². The van der Waals surface area contributed by atoms with Gasteiger partial charge >= 0.3 is 12.4 Å². The van der Waals surface area contributed by atoms with Crippen LogP contribution in [0.2, 0.25) is 10.0 Å². The van der Waals surface area contributed by atoms with Crippen molar-refractivity contribution in [2.75, 3.05) is 11.9 Å². The van der Waals surface area contributed by atoms with E-state index in [-0.39, 0.29) is 21.0 Å². The summed E-state index contributed by atoms with van der Waals surface area (Å²) in [6.45, 7) is -1.37. The molecule has 0 spiro atoms. The van der Waals surface area contributed by atoms with E-state index in [0.717, 1.165) is 0 Å². The monoisotopic (exact) mass is 584 g/mol. The lowest BCUT2D eigenvalue weighted by Crippen LogP contribution is -2.37. The van der Waals surface area contributed by atoms with E-state index in [0.29, 0.717) is 22.0 Å². The average Bonchev–Trinajstić information content (AvgIpc) is 2.79. The predicted molar refractivity (Wildman–Crippen MR) is 126 cm³/mol. The van der Waals surface area contributed by atoms with Crippen LogP contribution in [0, 0.1) is 0 Å². The minimum atomic E-state index is -5.13. The van der Waals surface area contributed by atoms with Gasteiger partial charge in [0, 0.05) is 22.3 Å². The van der Waals surface area contributed by atoms with Crippen LogP contribution in [0.3, 0.4) is 0 Å². The molecule has 3 rings (SSSR count). The Morgan fingerprint density at radius 3 is 1.89 bits per heavy atom. The second-order valence-electron chi connectivity index (χ2n) is 7.66. The van der Waals surface area contributed by atoms with Gasteiger partial charge in [0.15, 0.2) is 0 Å². The Balaban J connectivity index is 1.96. The summed E-state index contributed by atoms with van der Waals surface area (Å²) in [5.41, 5.74) is -3.79. The topological polar surface area (TPSA) is 66.5 Å². The standard InChI is InChI=1S/C23H16Cl2F6N2O3S/c24-17-5-7-19(8-6-17)37(35,36)33(12-14-3-1-2-4-20(14)25)13-21(34)32-18-10-15(22(26,27)28)9-16(11-18)23(29,30)31/h1-11H,12-13H2,(H,32,34). The quantitative estimate of drug-likeness (QED) is 0.308. The van der Waals surface area contributed by atoms with Crippen LogP contribution in [0.1, 0.15) is 16.7 Å². The highest BCUT2D eigenvalue weighted by molar-refractivity contribution is 7.89. The Bertz CT molecular complexity index is 1360. The number of rotatable bonds is 7. The third-order valence-corrected chi connectivity index (χ3v) is 7.37. The number of halogens is 8. The maximum atomic E-state index is 13.3. The first-order valence-corrected chi connectivity index (χ1v) is 12.4. The van der Waals surface area contributed by atoms with Crippen LogP contribution in [0.15, 0.2) is 71.6 Å². The second-order valence-corrected chi connectivity index (χ2v) is 10.4. The van der Waals surface area contributed by atoms with Gasteiger partial charge < -0.3 is 5.32 Å². The van der Waals surface area contributed by atoms with Gasteiger partial charge in [-0.3, -0.25) is 4.79 Å². The lowest BCUT2D eigenvalue weighted by molar-refractivity contribution is -0.143. The summed E-state index contributed by atoms with van der Waals surface area (Å²) in [7, 11) is -4.39. The molecular weight excluding hydrogens is 569 g/mol. The average molecular weight is 585 g/mol. The maximum Gasteiger partial charge on any atom is 0.416 e. The highest BCUT2D eigenvalue weighted by atomic mass is 35.5. The Kier molecular flexibility index (Phi) is 8.47. The van der Waals surface area contributed by atoms with Crippen LogP contribution >= 0.6 is 23.2 Å². The van der Waals surface area contributed by atoms with Crippen molar-refractivity contribution in [2.24, 2.45) is 0 Å². The second kappa shape index (κ2) is 10.9. The first-order chi connectivity index (χ1) is 17.1. The maximum absolute atomic E-state index is 13.3. The number of hydrogen-bond acceptors (Lipinski definition) is 3. The van der Waals surface area contributed by atoms with Crippen LogP contribution in [-0.4, -0.2) is 25.2 Å². The number of anilines is 1. The van der Waals surface area contributed by atoms with Crippen molar-refractivity contribution in [2.45, 2.75) is 23.8 Å². The number of nitrogens with zero attached hydrogens (tertiary/aromatic N) is 1. The molecule has 3 aromatic carbocycles. The normalized spacial score (nSPS) is 12.6. The summed E-state index contributed by atoms with van der Waals surface area (Å²) in [5, 5.41) is 2.34. The summed E-state index contributed by atoms with van der Waals surface area (Å²) < 4.78 is 106. The van der Waals surface area contributed by atoms with Crippen LogP contribution in [0.4, 0.5) is 32.0 Å². The largest absolute Gasteiger partial charge is 0.416 e. The zero-order valence-electron chi connectivity index (χ0n) is 18.4. The van der Waals surface area contributed by atoms with E-state index in [2.05, 4.69) is 0 Å². The van der Waals surface area contributed by atoms with Crippen molar-refractivity contribution in [1.29, 1.82) is 0 Å². The number of benzene rings is 3. The van der Waals surface area contributed by atoms with E-state index >= 15 is 0 Å². The predicted octanol–water partition coefficient (Wildman–Crippen LogP) is 6.86. The molecule has 5 nitrogen and oxygen atoms in total.